The van der Waals surface area contributed by atoms with Crippen LogP contribution in [0.25, 0.3) is 0 Å². The van der Waals surface area contributed by atoms with Crippen LogP contribution in [0.5, 0.6) is 0 Å². The lowest BCUT2D eigenvalue weighted by atomic mass is 9.90. The number of carbonyl (C=O) groups is 1. The molecule has 2 saturated carbocycles. The van der Waals surface area contributed by atoms with Gasteiger partial charge in [-0.05, 0) is 38.0 Å². The first-order valence-corrected chi connectivity index (χ1v) is 8.05. The fourth-order valence-electron chi connectivity index (χ4n) is 3.40. The number of nitrogens with zero attached hydrogens (tertiary/aromatic N) is 1. The van der Waals surface area contributed by atoms with Crippen LogP contribution >= 0.6 is 0 Å². The lowest BCUT2D eigenvalue weighted by Gasteiger charge is -2.42. The van der Waals surface area contributed by atoms with Crippen molar-refractivity contribution in [2.45, 2.75) is 56.7 Å². The van der Waals surface area contributed by atoms with Gasteiger partial charge in [0.25, 0.3) is 0 Å². The maximum atomic E-state index is 12.2. The zero-order valence-corrected chi connectivity index (χ0v) is 12.4. The molecule has 1 saturated heterocycles. The average molecular weight is 281 g/mol. The summed E-state index contributed by atoms with van der Waals surface area (Å²) in [6.45, 7) is 5.39. The molecule has 0 aromatic heterocycles. The van der Waals surface area contributed by atoms with Gasteiger partial charge in [-0.1, -0.05) is 6.92 Å². The molecular weight excluding hydrogens is 254 g/mol. The van der Waals surface area contributed by atoms with Crippen LogP contribution < -0.4 is 11.1 Å². The summed E-state index contributed by atoms with van der Waals surface area (Å²) in [6.07, 6.45) is 5.68. The van der Waals surface area contributed by atoms with Crippen molar-refractivity contribution in [2.75, 3.05) is 26.3 Å². The Morgan fingerprint density at radius 3 is 2.70 bits per heavy atom. The van der Waals surface area contributed by atoms with Gasteiger partial charge in [-0.25, -0.2) is 0 Å². The minimum atomic E-state index is -0.508. The number of morpholine rings is 1. The molecule has 20 heavy (non-hydrogen) atoms. The monoisotopic (exact) mass is 281 g/mol. The average Bonchev–Trinajstić information content (AvgIpc) is 3.30. The summed E-state index contributed by atoms with van der Waals surface area (Å²) in [4.78, 5) is 14.7. The third-order valence-corrected chi connectivity index (χ3v) is 5.03. The molecule has 5 nitrogen and oxygen atoms in total. The van der Waals surface area contributed by atoms with Gasteiger partial charge in [0.1, 0.15) is 5.54 Å². The molecule has 1 heterocycles. The Hall–Kier alpha value is -0.650. The summed E-state index contributed by atoms with van der Waals surface area (Å²) in [5.41, 5.74) is 5.33. The lowest BCUT2D eigenvalue weighted by Crippen LogP contribution is -2.66. The molecule has 3 rings (SSSR count). The Balaban J connectivity index is 1.75. The highest BCUT2D eigenvalue weighted by molar-refractivity contribution is 5.86. The van der Waals surface area contributed by atoms with E-state index in [1.54, 1.807) is 0 Å². The van der Waals surface area contributed by atoms with Crippen LogP contribution in [0.2, 0.25) is 0 Å². The first-order valence-electron chi connectivity index (χ1n) is 8.05. The maximum Gasteiger partial charge on any atom is 0.239 e. The second-order valence-electron chi connectivity index (χ2n) is 6.64. The minimum Gasteiger partial charge on any atom is -0.378 e. The smallest absolute Gasteiger partial charge is 0.239 e. The van der Waals surface area contributed by atoms with Crippen molar-refractivity contribution < 1.29 is 9.53 Å². The number of nitrogens with two attached hydrogens (primary N) is 1. The highest BCUT2D eigenvalue weighted by Gasteiger charge is 2.53. The number of rotatable bonds is 7. The second-order valence-corrected chi connectivity index (χ2v) is 6.64. The summed E-state index contributed by atoms with van der Waals surface area (Å²) in [7, 11) is 0. The largest absolute Gasteiger partial charge is 0.378 e. The fourth-order valence-corrected chi connectivity index (χ4v) is 3.40. The number of carbonyl (C=O) groups excluding carboxylic acids is 1. The Kier molecular flexibility index (Phi) is 4.02. The SMILES string of the molecule is CCC1COCCN1CC(NC1CC1)(C(N)=O)C1CC1. The number of hydrogen-bond donors (Lipinski definition) is 2. The normalized spacial score (nSPS) is 30.9. The predicted octanol–water partition coefficient (Wildman–Crippen LogP) is 0.483. The van der Waals surface area contributed by atoms with E-state index in [0.717, 1.165) is 45.6 Å². The summed E-state index contributed by atoms with van der Waals surface area (Å²) < 4.78 is 5.57. The van der Waals surface area contributed by atoms with Crippen LogP contribution in [0.3, 0.4) is 0 Å². The van der Waals surface area contributed by atoms with Crippen molar-refractivity contribution in [1.82, 2.24) is 10.2 Å². The Morgan fingerprint density at radius 1 is 1.40 bits per heavy atom. The number of nitrogens with one attached hydrogen (secondary N) is 1. The van der Waals surface area contributed by atoms with E-state index in [1.165, 1.54) is 12.8 Å². The highest BCUT2D eigenvalue weighted by atomic mass is 16.5. The van der Waals surface area contributed by atoms with Crippen molar-refractivity contribution in [3.05, 3.63) is 0 Å². The van der Waals surface area contributed by atoms with Gasteiger partial charge in [0.15, 0.2) is 0 Å². The molecule has 3 N–H and O–H groups in total. The molecule has 2 unspecified atom stereocenters. The van der Waals surface area contributed by atoms with E-state index < -0.39 is 5.54 Å². The molecule has 3 fully saturated rings. The van der Waals surface area contributed by atoms with E-state index >= 15 is 0 Å². The van der Waals surface area contributed by atoms with Crippen molar-refractivity contribution in [3.63, 3.8) is 0 Å². The topological polar surface area (TPSA) is 67.6 Å². The van der Waals surface area contributed by atoms with Gasteiger partial charge in [0.05, 0.1) is 13.2 Å². The molecule has 3 aliphatic rings. The van der Waals surface area contributed by atoms with Gasteiger partial charge < -0.3 is 10.5 Å². The zero-order chi connectivity index (χ0) is 14.2. The summed E-state index contributed by atoms with van der Waals surface area (Å²) in [5, 5.41) is 3.60. The summed E-state index contributed by atoms with van der Waals surface area (Å²) >= 11 is 0. The standard InChI is InChI=1S/C15H27N3O2/c1-2-13-9-20-8-7-18(13)10-15(14(16)19,11-3-4-11)17-12-5-6-12/h11-13,17H,2-10H2,1H3,(H2,16,19). The van der Waals surface area contributed by atoms with Gasteiger partial charge in [-0.2, -0.15) is 0 Å². The Labute approximate surface area is 121 Å². The van der Waals surface area contributed by atoms with Gasteiger partial charge in [-0.3, -0.25) is 15.0 Å². The van der Waals surface area contributed by atoms with Crippen LogP contribution in [0, 0.1) is 5.92 Å². The zero-order valence-electron chi connectivity index (χ0n) is 12.4. The molecule has 114 valence electrons. The van der Waals surface area contributed by atoms with Crippen molar-refractivity contribution in [1.29, 1.82) is 0 Å². The fraction of sp³-hybridized carbons (Fsp3) is 0.933. The Bertz CT molecular complexity index is 368. The van der Waals surface area contributed by atoms with E-state index in [2.05, 4.69) is 17.1 Å². The van der Waals surface area contributed by atoms with Crippen LogP contribution in [0.4, 0.5) is 0 Å². The molecule has 0 radical (unpaired) electrons. The summed E-state index contributed by atoms with van der Waals surface area (Å²) in [5.74, 6) is 0.272. The Morgan fingerprint density at radius 2 is 2.15 bits per heavy atom. The van der Waals surface area contributed by atoms with Crippen LogP contribution in [-0.4, -0.2) is 54.7 Å². The molecule has 1 aliphatic heterocycles. The predicted molar refractivity (Wildman–Crippen MR) is 77.3 cm³/mol. The molecular formula is C15H27N3O2. The molecule has 5 heteroatoms. The van der Waals surface area contributed by atoms with E-state index in [4.69, 9.17) is 10.5 Å². The van der Waals surface area contributed by atoms with Crippen molar-refractivity contribution >= 4 is 5.91 Å². The van der Waals surface area contributed by atoms with Gasteiger partial charge in [0, 0.05) is 25.2 Å². The van der Waals surface area contributed by atoms with Gasteiger partial charge in [-0.15, -0.1) is 0 Å². The van der Waals surface area contributed by atoms with E-state index in [-0.39, 0.29) is 5.91 Å². The lowest BCUT2D eigenvalue weighted by molar-refractivity contribution is -0.128. The van der Waals surface area contributed by atoms with Crippen molar-refractivity contribution in [3.8, 4) is 0 Å². The third-order valence-electron chi connectivity index (χ3n) is 5.03. The number of amides is 1. The van der Waals surface area contributed by atoms with E-state index in [1.807, 2.05) is 0 Å². The van der Waals surface area contributed by atoms with Gasteiger partial charge >= 0.3 is 0 Å². The van der Waals surface area contributed by atoms with Crippen LogP contribution in [-0.2, 0) is 9.53 Å². The van der Waals surface area contributed by atoms with Crippen LogP contribution in [0.15, 0.2) is 0 Å². The van der Waals surface area contributed by atoms with Gasteiger partial charge in [0.2, 0.25) is 5.91 Å². The molecule has 0 aromatic rings. The number of primary amides is 1. The minimum absolute atomic E-state index is 0.159. The molecule has 0 spiro atoms. The molecule has 0 bridgehead atoms. The molecule has 2 atom stereocenters. The maximum absolute atomic E-state index is 12.2. The quantitative estimate of drug-likeness (QED) is 0.712. The molecule has 0 aromatic carbocycles. The van der Waals surface area contributed by atoms with Crippen molar-refractivity contribution in [2.24, 2.45) is 11.7 Å². The summed E-state index contributed by atoms with van der Waals surface area (Å²) in [6, 6.07) is 0.923. The first-order chi connectivity index (χ1) is 9.65. The number of ether oxygens (including phenoxy) is 1. The van der Waals surface area contributed by atoms with E-state index in [0.29, 0.717) is 18.0 Å². The molecule has 1 amide bonds. The second kappa shape index (κ2) is 5.62. The number of hydrogen-bond acceptors (Lipinski definition) is 4. The highest BCUT2D eigenvalue weighted by Crippen LogP contribution is 2.42. The van der Waals surface area contributed by atoms with E-state index in [9.17, 15) is 4.79 Å². The third kappa shape index (κ3) is 2.85. The first kappa shape index (κ1) is 14.3. The molecule has 2 aliphatic carbocycles. The van der Waals surface area contributed by atoms with Crippen LogP contribution in [0.1, 0.15) is 39.0 Å².